The third-order valence-electron chi connectivity index (χ3n) is 3.14. The number of anilines is 1. The molecule has 0 bridgehead atoms. The van der Waals surface area contributed by atoms with E-state index in [9.17, 15) is 9.59 Å². The van der Waals surface area contributed by atoms with Crippen molar-refractivity contribution in [3.63, 3.8) is 0 Å². The summed E-state index contributed by atoms with van der Waals surface area (Å²) in [6, 6.07) is 5.72. The van der Waals surface area contributed by atoms with Crippen LogP contribution in [0.4, 0.5) is 5.69 Å². The van der Waals surface area contributed by atoms with Crippen LogP contribution in [0.2, 0.25) is 0 Å². The summed E-state index contributed by atoms with van der Waals surface area (Å²) in [5, 5.41) is 11.7. The molecule has 0 radical (unpaired) electrons. The second kappa shape index (κ2) is 9.37. The zero-order valence-electron chi connectivity index (χ0n) is 12.7. The van der Waals surface area contributed by atoms with Gasteiger partial charge in [0.05, 0.1) is 13.1 Å². The molecule has 0 saturated carbocycles. The highest BCUT2D eigenvalue weighted by Crippen LogP contribution is 2.17. The van der Waals surface area contributed by atoms with Crippen molar-refractivity contribution < 1.29 is 14.7 Å². The van der Waals surface area contributed by atoms with Crippen LogP contribution in [0, 0.1) is 13.8 Å². The molecule has 21 heavy (non-hydrogen) atoms. The number of halogens is 1. The second-order valence-electron chi connectivity index (χ2n) is 4.90. The maximum absolute atomic E-state index is 12.0. The van der Waals surface area contributed by atoms with Crippen LogP contribution in [0.15, 0.2) is 18.2 Å². The predicted molar refractivity (Wildman–Crippen MR) is 86.2 cm³/mol. The summed E-state index contributed by atoms with van der Waals surface area (Å²) in [4.78, 5) is 24.4. The number of aliphatic carboxylic acids is 1. The summed E-state index contributed by atoms with van der Waals surface area (Å²) in [6.07, 6.45) is 0.810. The number of carboxylic acid groups (broad SMARTS) is 1. The molecule has 0 spiro atoms. The fraction of sp³-hybridized carbons (Fsp3) is 0.467. The number of nitrogens with one attached hydrogen (secondary N) is 1. The van der Waals surface area contributed by atoms with Gasteiger partial charge in [0.15, 0.2) is 0 Å². The lowest BCUT2D eigenvalue weighted by molar-refractivity contribution is -0.138. The van der Waals surface area contributed by atoms with E-state index in [-0.39, 0.29) is 31.4 Å². The van der Waals surface area contributed by atoms with Crippen molar-refractivity contribution in [1.29, 1.82) is 0 Å². The fourth-order valence-electron chi connectivity index (χ4n) is 2.00. The minimum Gasteiger partial charge on any atom is -0.480 e. The van der Waals surface area contributed by atoms with Gasteiger partial charge in [0.2, 0.25) is 5.91 Å². The molecule has 0 heterocycles. The molecule has 0 unspecified atom stereocenters. The monoisotopic (exact) mass is 314 g/mol. The first-order chi connectivity index (χ1) is 9.43. The molecule has 1 aromatic rings. The van der Waals surface area contributed by atoms with Gasteiger partial charge < -0.3 is 10.4 Å². The van der Waals surface area contributed by atoms with Gasteiger partial charge in [-0.05, 0) is 44.0 Å². The third-order valence-corrected chi connectivity index (χ3v) is 3.14. The van der Waals surface area contributed by atoms with Gasteiger partial charge in [-0.25, -0.2) is 0 Å². The zero-order chi connectivity index (χ0) is 15.1. The van der Waals surface area contributed by atoms with Crippen molar-refractivity contribution in [2.45, 2.75) is 27.2 Å². The molecule has 0 atom stereocenters. The van der Waals surface area contributed by atoms with Gasteiger partial charge >= 0.3 is 5.97 Å². The van der Waals surface area contributed by atoms with Gasteiger partial charge in [0.25, 0.3) is 0 Å². The average molecular weight is 315 g/mol. The Morgan fingerprint density at radius 3 is 2.48 bits per heavy atom. The van der Waals surface area contributed by atoms with Crippen molar-refractivity contribution in [1.82, 2.24) is 4.90 Å². The highest BCUT2D eigenvalue weighted by molar-refractivity contribution is 5.93. The predicted octanol–water partition coefficient (Wildman–Crippen LogP) is 2.46. The van der Waals surface area contributed by atoms with Crippen LogP contribution in [0.5, 0.6) is 0 Å². The molecule has 1 aromatic carbocycles. The lowest BCUT2D eigenvalue weighted by Crippen LogP contribution is -2.37. The molecule has 0 aromatic heterocycles. The number of benzene rings is 1. The molecular formula is C15H23ClN2O3. The Kier molecular flexibility index (Phi) is 8.66. The van der Waals surface area contributed by atoms with Crippen molar-refractivity contribution in [3.8, 4) is 0 Å². The summed E-state index contributed by atoms with van der Waals surface area (Å²) in [5.74, 6) is -1.11. The normalized spacial score (nSPS) is 10.1. The van der Waals surface area contributed by atoms with E-state index < -0.39 is 5.97 Å². The molecule has 1 rings (SSSR count). The van der Waals surface area contributed by atoms with E-state index in [4.69, 9.17) is 5.11 Å². The highest BCUT2D eigenvalue weighted by atomic mass is 35.5. The largest absolute Gasteiger partial charge is 0.480 e. The molecule has 2 N–H and O–H groups in total. The second-order valence-corrected chi connectivity index (χ2v) is 4.90. The van der Waals surface area contributed by atoms with Gasteiger partial charge in [0, 0.05) is 5.69 Å². The van der Waals surface area contributed by atoms with Crippen LogP contribution in [0.25, 0.3) is 0 Å². The van der Waals surface area contributed by atoms with E-state index in [2.05, 4.69) is 5.32 Å². The molecule has 0 saturated heterocycles. The summed E-state index contributed by atoms with van der Waals surface area (Å²) in [7, 11) is 0. The van der Waals surface area contributed by atoms with Crippen LogP contribution >= 0.6 is 12.4 Å². The van der Waals surface area contributed by atoms with Crippen molar-refractivity contribution in [2.75, 3.05) is 25.0 Å². The summed E-state index contributed by atoms with van der Waals surface area (Å²) in [5.41, 5.74) is 2.92. The summed E-state index contributed by atoms with van der Waals surface area (Å²) < 4.78 is 0. The first kappa shape index (κ1) is 19.4. The molecule has 0 aliphatic heterocycles. The summed E-state index contributed by atoms with van der Waals surface area (Å²) >= 11 is 0. The Bertz CT molecular complexity index is 492. The van der Waals surface area contributed by atoms with Crippen molar-refractivity contribution >= 4 is 30.0 Å². The number of rotatable bonds is 7. The maximum atomic E-state index is 12.0. The van der Waals surface area contributed by atoms with Gasteiger partial charge in [-0.1, -0.05) is 19.1 Å². The van der Waals surface area contributed by atoms with Crippen LogP contribution < -0.4 is 5.32 Å². The molecule has 5 nitrogen and oxygen atoms in total. The summed E-state index contributed by atoms with van der Waals surface area (Å²) in [6.45, 7) is 6.45. The molecule has 6 heteroatoms. The van der Waals surface area contributed by atoms with E-state index >= 15 is 0 Å². The fourth-order valence-corrected chi connectivity index (χ4v) is 2.00. The minimum absolute atomic E-state index is 0. The van der Waals surface area contributed by atoms with E-state index in [1.54, 1.807) is 4.90 Å². The topological polar surface area (TPSA) is 69.6 Å². The number of carboxylic acids is 1. The number of aryl methyl sites for hydroxylation is 1. The first-order valence-corrected chi connectivity index (χ1v) is 6.74. The number of carbonyl (C=O) groups excluding carboxylic acids is 1. The molecule has 118 valence electrons. The van der Waals surface area contributed by atoms with Gasteiger partial charge in [-0.3, -0.25) is 14.5 Å². The van der Waals surface area contributed by atoms with Crippen LogP contribution in [-0.4, -0.2) is 41.5 Å². The van der Waals surface area contributed by atoms with Crippen LogP contribution in [-0.2, 0) is 9.59 Å². The Morgan fingerprint density at radius 2 is 1.90 bits per heavy atom. The molecule has 0 aliphatic carbocycles. The molecule has 1 amide bonds. The van der Waals surface area contributed by atoms with Crippen molar-refractivity contribution in [3.05, 3.63) is 29.3 Å². The lowest BCUT2D eigenvalue weighted by atomic mass is 10.1. The van der Waals surface area contributed by atoms with E-state index in [1.807, 2.05) is 39.0 Å². The van der Waals surface area contributed by atoms with Crippen molar-refractivity contribution in [2.24, 2.45) is 0 Å². The van der Waals surface area contributed by atoms with Crippen LogP contribution in [0.1, 0.15) is 24.5 Å². The smallest absolute Gasteiger partial charge is 0.317 e. The van der Waals surface area contributed by atoms with Gasteiger partial charge in [-0.2, -0.15) is 0 Å². The van der Waals surface area contributed by atoms with E-state index in [1.165, 1.54) is 0 Å². The minimum atomic E-state index is -0.919. The van der Waals surface area contributed by atoms with E-state index in [0.29, 0.717) is 6.54 Å². The number of hydrogen-bond donors (Lipinski definition) is 2. The molecule has 0 aliphatic rings. The number of nitrogens with zero attached hydrogens (tertiary/aromatic N) is 1. The Morgan fingerprint density at radius 1 is 1.24 bits per heavy atom. The standard InChI is InChI=1S/C15H22N2O3.ClH/c1-4-8-17(10-15(19)20)9-14(18)16-13-7-5-6-11(2)12(13)3;/h5-7H,4,8-10H2,1-3H3,(H,16,18)(H,19,20);1H. The first-order valence-electron chi connectivity index (χ1n) is 6.74. The third kappa shape index (κ3) is 6.60. The number of carbonyl (C=O) groups is 2. The van der Waals surface area contributed by atoms with Gasteiger partial charge in [-0.15, -0.1) is 12.4 Å². The lowest BCUT2D eigenvalue weighted by Gasteiger charge is -2.19. The highest BCUT2D eigenvalue weighted by Gasteiger charge is 2.14. The SMILES string of the molecule is CCCN(CC(=O)O)CC(=O)Nc1cccc(C)c1C.Cl. The van der Waals surface area contributed by atoms with E-state index in [0.717, 1.165) is 23.2 Å². The average Bonchev–Trinajstić information content (AvgIpc) is 2.34. The zero-order valence-corrected chi connectivity index (χ0v) is 13.5. The number of hydrogen-bond acceptors (Lipinski definition) is 3. The molecule has 0 fully saturated rings. The Hall–Kier alpha value is -1.59. The Balaban J connectivity index is 0.00000400. The molecular weight excluding hydrogens is 292 g/mol. The quantitative estimate of drug-likeness (QED) is 0.811. The number of amides is 1. The van der Waals surface area contributed by atoms with Crippen LogP contribution in [0.3, 0.4) is 0 Å². The van der Waals surface area contributed by atoms with Gasteiger partial charge in [0.1, 0.15) is 0 Å². The maximum Gasteiger partial charge on any atom is 0.317 e. The Labute approximate surface area is 131 Å².